The number of rotatable bonds is 5. The van der Waals surface area contributed by atoms with E-state index in [-0.39, 0.29) is 5.76 Å². The fourth-order valence-corrected chi connectivity index (χ4v) is 2.12. The van der Waals surface area contributed by atoms with Gasteiger partial charge in [0.2, 0.25) is 5.78 Å². The summed E-state index contributed by atoms with van der Waals surface area (Å²) < 4.78 is 31.6. The van der Waals surface area contributed by atoms with Crippen LogP contribution in [0.1, 0.15) is 10.6 Å². The Morgan fingerprint density at radius 1 is 1.38 bits per heavy atom. The predicted molar refractivity (Wildman–Crippen MR) is 53.7 cm³/mol. The number of esters is 1. The Balaban J connectivity index is 2.67. The third-order valence-electron chi connectivity index (χ3n) is 1.71. The van der Waals surface area contributed by atoms with Gasteiger partial charge in [-0.15, -0.1) is 0 Å². The smallest absolute Gasteiger partial charge is 0.320 e. The summed E-state index contributed by atoms with van der Waals surface area (Å²) in [5.74, 6) is -3.21. The van der Waals surface area contributed by atoms with Crippen molar-refractivity contribution in [3.63, 3.8) is 0 Å². The Bertz CT molecular complexity index is 470. The van der Waals surface area contributed by atoms with Gasteiger partial charge in [-0.25, -0.2) is 8.42 Å². The van der Waals surface area contributed by atoms with Crippen molar-refractivity contribution in [2.45, 2.75) is 0 Å². The first-order valence-corrected chi connectivity index (χ1v) is 6.10. The summed E-state index contributed by atoms with van der Waals surface area (Å²) in [4.78, 5) is 22.1. The van der Waals surface area contributed by atoms with Crippen LogP contribution in [0, 0.1) is 0 Å². The van der Waals surface area contributed by atoms with Gasteiger partial charge in [0, 0.05) is 0 Å². The van der Waals surface area contributed by atoms with E-state index in [9.17, 15) is 18.0 Å². The Morgan fingerprint density at radius 2 is 2.06 bits per heavy atom. The van der Waals surface area contributed by atoms with Crippen molar-refractivity contribution in [1.29, 1.82) is 0 Å². The summed E-state index contributed by atoms with van der Waals surface area (Å²) in [5, 5.41) is 0. The standard InChI is InChI=1S/C9H10O6S/c1-14-9(11)6-16(12,13)5-7(10)8-3-2-4-15-8/h2-4H,5-6H2,1H3. The molecule has 0 fully saturated rings. The first-order chi connectivity index (χ1) is 7.44. The van der Waals surface area contributed by atoms with Crippen LogP contribution in [0.15, 0.2) is 22.8 Å². The van der Waals surface area contributed by atoms with Crippen LogP contribution in [0.5, 0.6) is 0 Å². The minimum Gasteiger partial charge on any atom is -0.468 e. The van der Waals surface area contributed by atoms with Crippen LogP contribution in [0.2, 0.25) is 0 Å². The molecular weight excluding hydrogens is 236 g/mol. The second-order valence-electron chi connectivity index (χ2n) is 3.01. The Kier molecular flexibility index (Phi) is 3.83. The van der Waals surface area contributed by atoms with Crippen molar-refractivity contribution in [2.75, 3.05) is 18.6 Å². The van der Waals surface area contributed by atoms with E-state index >= 15 is 0 Å². The lowest BCUT2D eigenvalue weighted by Crippen LogP contribution is -2.24. The lowest BCUT2D eigenvalue weighted by atomic mass is 10.3. The molecule has 0 aliphatic rings. The topological polar surface area (TPSA) is 90.7 Å². The number of carbonyl (C=O) groups excluding carboxylic acids is 2. The SMILES string of the molecule is COC(=O)CS(=O)(=O)CC(=O)c1ccco1. The zero-order valence-corrected chi connectivity index (χ0v) is 9.32. The van der Waals surface area contributed by atoms with Gasteiger partial charge in [0.05, 0.1) is 13.4 Å². The van der Waals surface area contributed by atoms with E-state index in [1.54, 1.807) is 0 Å². The van der Waals surface area contributed by atoms with E-state index in [2.05, 4.69) is 4.74 Å². The van der Waals surface area contributed by atoms with Gasteiger partial charge in [0.15, 0.2) is 15.6 Å². The number of furan rings is 1. The lowest BCUT2D eigenvalue weighted by molar-refractivity contribution is -0.137. The van der Waals surface area contributed by atoms with Crippen LogP contribution in [0.25, 0.3) is 0 Å². The van der Waals surface area contributed by atoms with Crippen LogP contribution in [-0.2, 0) is 19.4 Å². The van der Waals surface area contributed by atoms with Gasteiger partial charge in [-0.2, -0.15) is 0 Å². The van der Waals surface area contributed by atoms with E-state index in [0.717, 1.165) is 7.11 Å². The highest BCUT2D eigenvalue weighted by atomic mass is 32.2. The second-order valence-corrected chi connectivity index (χ2v) is 5.07. The van der Waals surface area contributed by atoms with Gasteiger partial charge in [-0.3, -0.25) is 9.59 Å². The van der Waals surface area contributed by atoms with Gasteiger partial charge in [-0.1, -0.05) is 0 Å². The average molecular weight is 246 g/mol. The molecule has 6 nitrogen and oxygen atoms in total. The summed E-state index contributed by atoms with van der Waals surface area (Å²) >= 11 is 0. The van der Waals surface area contributed by atoms with Gasteiger partial charge in [-0.05, 0) is 12.1 Å². The molecule has 1 heterocycles. The third-order valence-corrected chi connectivity index (χ3v) is 3.09. The summed E-state index contributed by atoms with van der Waals surface area (Å²) in [5.41, 5.74) is 0. The largest absolute Gasteiger partial charge is 0.468 e. The van der Waals surface area contributed by atoms with Crippen molar-refractivity contribution in [3.8, 4) is 0 Å². The summed E-state index contributed by atoms with van der Waals surface area (Å²) in [6, 6.07) is 2.83. The van der Waals surface area contributed by atoms with Crippen molar-refractivity contribution in [1.82, 2.24) is 0 Å². The molecule has 0 saturated heterocycles. The first-order valence-electron chi connectivity index (χ1n) is 4.28. The molecular formula is C9H10O6S. The van der Waals surface area contributed by atoms with E-state index in [0.29, 0.717) is 0 Å². The molecule has 1 aromatic rings. The van der Waals surface area contributed by atoms with Gasteiger partial charge < -0.3 is 9.15 Å². The number of ketones is 1. The monoisotopic (exact) mass is 246 g/mol. The molecule has 0 bridgehead atoms. The van der Waals surface area contributed by atoms with Crippen molar-refractivity contribution in [2.24, 2.45) is 0 Å². The first kappa shape index (κ1) is 12.4. The van der Waals surface area contributed by atoms with E-state index in [4.69, 9.17) is 4.42 Å². The maximum Gasteiger partial charge on any atom is 0.320 e. The van der Waals surface area contributed by atoms with Gasteiger partial charge in [0.25, 0.3) is 0 Å². The van der Waals surface area contributed by atoms with Crippen molar-refractivity contribution < 1.29 is 27.2 Å². The lowest BCUT2D eigenvalue weighted by Gasteiger charge is -2.00. The number of hydrogen-bond acceptors (Lipinski definition) is 6. The highest BCUT2D eigenvalue weighted by Gasteiger charge is 2.23. The highest BCUT2D eigenvalue weighted by molar-refractivity contribution is 7.92. The van der Waals surface area contributed by atoms with E-state index in [1.807, 2.05) is 0 Å². The number of ether oxygens (including phenoxy) is 1. The fourth-order valence-electron chi connectivity index (χ4n) is 0.998. The number of sulfone groups is 1. The minimum atomic E-state index is -3.80. The molecule has 0 aromatic carbocycles. The number of methoxy groups -OCH3 is 1. The number of hydrogen-bond donors (Lipinski definition) is 0. The number of Topliss-reactive ketones (excluding diaryl/α,β-unsaturated/α-hetero) is 1. The number of carbonyl (C=O) groups is 2. The predicted octanol–water partition coefficient (Wildman–Crippen LogP) is 0.0501. The van der Waals surface area contributed by atoms with Crippen LogP contribution in [0.4, 0.5) is 0 Å². The Labute approximate surface area is 92.1 Å². The maximum absolute atomic E-state index is 11.4. The molecule has 0 saturated carbocycles. The van der Waals surface area contributed by atoms with E-state index < -0.39 is 33.1 Å². The Morgan fingerprint density at radius 3 is 2.56 bits per heavy atom. The molecule has 0 aliphatic heterocycles. The minimum absolute atomic E-state index is 0.0477. The molecule has 88 valence electrons. The van der Waals surface area contributed by atoms with Crippen LogP contribution in [0.3, 0.4) is 0 Å². The zero-order valence-electron chi connectivity index (χ0n) is 8.50. The molecule has 0 atom stereocenters. The van der Waals surface area contributed by atoms with Crippen molar-refractivity contribution in [3.05, 3.63) is 24.2 Å². The zero-order chi connectivity index (χ0) is 12.2. The Hall–Kier alpha value is -1.63. The van der Waals surface area contributed by atoms with Crippen LogP contribution in [-0.4, -0.2) is 38.8 Å². The molecule has 0 spiro atoms. The fraction of sp³-hybridized carbons (Fsp3) is 0.333. The van der Waals surface area contributed by atoms with Gasteiger partial charge >= 0.3 is 5.97 Å². The maximum atomic E-state index is 11.4. The molecule has 0 aliphatic carbocycles. The second kappa shape index (κ2) is 4.93. The molecule has 16 heavy (non-hydrogen) atoms. The summed E-state index contributed by atoms with van der Waals surface area (Å²) in [6.07, 6.45) is 1.26. The van der Waals surface area contributed by atoms with E-state index in [1.165, 1.54) is 18.4 Å². The molecule has 1 aromatic heterocycles. The molecule has 0 unspecified atom stereocenters. The summed E-state index contributed by atoms with van der Waals surface area (Å²) in [7, 11) is -2.73. The molecule has 0 N–H and O–H groups in total. The quantitative estimate of drug-likeness (QED) is 0.538. The molecule has 0 amide bonds. The molecule has 1 rings (SSSR count). The average Bonchev–Trinajstić information content (AvgIpc) is 2.68. The molecule has 7 heteroatoms. The van der Waals surface area contributed by atoms with Crippen LogP contribution >= 0.6 is 0 Å². The highest BCUT2D eigenvalue weighted by Crippen LogP contribution is 2.04. The summed E-state index contributed by atoms with van der Waals surface area (Å²) in [6.45, 7) is 0. The van der Waals surface area contributed by atoms with Crippen LogP contribution < -0.4 is 0 Å². The van der Waals surface area contributed by atoms with Crippen molar-refractivity contribution >= 4 is 21.6 Å². The molecule has 0 radical (unpaired) electrons. The normalized spacial score (nSPS) is 11.1. The van der Waals surface area contributed by atoms with Gasteiger partial charge in [0.1, 0.15) is 11.5 Å². The third kappa shape index (κ3) is 3.50.